The molecule has 0 bridgehead atoms. The van der Waals surface area contributed by atoms with Crippen molar-refractivity contribution in [3.05, 3.63) is 0 Å². The number of nitrogens with two attached hydrogens (primary N) is 1. The van der Waals surface area contributed by atoms with Crippen molar-refractivity contribution in [1.29, 1.82) is 0 Å². The van der Waals surface area contributed by atoms with Crippen LogP contribution in [-0.4, -0.2) is 65.7 Å². The number of carbonyl (C=O) groups is 1. The number of nitrogens with zero attached hydrogens (tertiary/aromatic N) is 2. The molecule has 2 rings (SSSR count). The van der Waals surface area contributed by atoms with E-state index in [2.05, 4.69) is 23.6 Å². The SMILES string of the molecule is CCOC(=O)C(C)(N)CC(C)N1CC2CCCN2CC1C. The average Bonchev–Trinajstić information content (AvgIpc) is 2.84. The summed E-state index contributed by atoms with van der Waals surface area (Å²) in [6.45, 7) is 11.9. The van der Waals surface area contributed by atoms with Crippen molar-refractivity contribution in [2.24, 2.45) is 5.73 Å². The number of ether oxygens (including phenoxy) is 1. The van der Waals surface area contributed by atoms with E-state index in [4.69, 9.17) is 10.5 Å². The van der Waals surface area contributed by atoms with E-state index in [1.165, 1.54) is 19.4 Å². The minimum absolute atomic E-state index is 0.288. The Kier molecular flexibility index (Phi) is 5.28. The maximum atomic E-state index is 12.0. The highest BCUT2D eigenvalue weighted by Gasteiger charge is 2.39. The van der Waals surface area contributed by atoms with Crippen LogP contribution in [0.15, 0.2) is 0 Å². The van der Waals surface area contributed by atoms with E-state index in [1.54, 1.807) is 6.92 Å². The van der Waals surface area contributed by atoms with Crippen molar-refractivity contribution < 1.29 is 9.53 Å². The Morgan fingerprint density at radius 3 is 2.86 bits per heavy atom. The minimum atomic E-state index is -0.901. The highest BCUT2D eigenvalue weighted by Crippen LogP contribution is 2.27. The van der Waals surface area contributed by atoms with Gasteiger partial charge in [0.1, 0.15) is 5.54 Å². The summed E-state index contributed by atoms with van der Waals surface area (Å²) in [6.07, 6.45) is 3.26. The molecule has 4 atom stereocenters. The van der Waals surface area contributed by atoms with Crippen LogP contribution in [0, 0.1) is 0 Å². The highest BCUT2D eigenvalue weighted by atomic mass is 16.5. The largest absolute Gasteiger partial charge is 0.465 e. The summed E-state index contributed by atoms with van der Waals surface area (Å²) in [7, 11) is 0. The van der Waals surface area contributed by atoms with E-state index in [9.17, 15) is 4.79 Å². The molecule has 2 aliphatic rings. The Labute approximate surface area is 128 Å². The molecule has 5 heteroatoms. The molecule has 0 aromatic heterocycles. The second-order valence-corrected chi connectivity index (χ2v) is 7.03. The van der Waals surface area contributed by atoms with Gasteiger partial charge in [-0.1, -0.05) is 0 Å². The van der Waals surface area contributed by atoms with E-state index >= 15 is 0 Å². The number of hydrogen-bond donors (Lipinski definition) is 1. The lowest BCUT2D eigenvalue weighted by molar-refractivity contribution is -0.150. The van der Waals surface area contributed by atoms with Gasteiger partial charge in [-0.25, -0.2) is 0 Å². The number of fused-ring (bicyclic) bond motifs is 1. The maximum Gasteiger partial charge on any atom is 0.325 e. The van der Waals surface area contributed by atoms with E-state index in [-0.39, 0.29) is 5.97 Å². The van der Waals surface area contributed by atoms with Crippen LogP contribution in [0.3, 0.4) is 0 Å². The Morgan fingerprint density at radius 2 is 2.19 bits per heavy atom. The van der Waals surface area contributed by atoms with Gasteiger partial charge in [-0.15, -0.1) is 0 Å². The molecular formula is C16H31N3O2. The summed E-state index contributed by atoms with van der Waals surface area (Å²) in [5.74, 6) is -0.288. The summed E-state index contributed by atoms with van der Waals surface area (Å²) in [5.41, 5.74) is 5.29. The molecule has 0 saturated carbocycles. The summed E-state index contributed by atoms with van der Waals surface area (Å²) in [4.78, 5) is 17.1. The number of hydrogen-bond acceptors (Lipinski definition) is 5. The zero-order chi connectivity index (χ0) is 15.6. The zero-order valence-electron chi connectivity index (χ0n) is 14.0. The first-order valence-corrected chi connectivity index (χ1v) is 8.31. The van der Waals surface area contributed by atoms with E-state index in [1.807, 2.05) is 6.92 Å². The predicted octanol–water partition coefficient (Wildman–Crippen LogP) is 1.21. The van der Waals surface area contributed by atoms with Crippen molar-refractivity contribution in [2.45, 2.75) is 70.6 Å². The Morgan fingerprint density at radius 1 is 1.48 bits per heavy atom. The fourth-order valence-corrected chi connectivity index (χ4v) is 3.93. The van der Waals surface area contributed by atoms with Gasteiger partial charge in [0, 0.05) is 31.2 Å². The summed E-state index contributed by atoms with van der Waals surface area (Å²) >= 11 is 0. The third-order valence-electron chi connectivity index (χ3n) is 5.01. The van der Waals surface area contributed by atoms with Crippen LogP contribution in [0.5, 0.6) is 0 Å². The van der Waals surface area contributed by atoms with Gasteiger partial charge in [0.2, 0.25) is 0 Å². The van der Waals surface area contributed by atoms with Crippen LogP contribution >= 0.6 is 0 Å². The summed E-state index contributed by atoms with van der Waals surface area (Å²) in [6, 6.07) is 1.50. The van der Waals surface area contributed by atoms with Gasteiger partial charge >= 0.3 is 5.97 Å². The molecule has 0 aromatic carbocycles. The highest BCUT2D eigenvalue weighted by molar-refractivity contribution is 5.80. The first-order valence-electron chi connectivity index (χ1n) is 8.31. The van der Waals surface area contributed by atoms with Crippen LogP contribution in [-0.2, 0) is 9.53 Å². The van der Waals surface area contributed by atoms with Gasteiger partial charge in [0.05, 0.1) is 6.61 Å². The first kappa shape index (κ1) is 16.7. The second kappa shape index (κ2) is 6.63. The molecule has 122 valence electrons. The molecule has 2 aliphatic heterocycles. The fourth-order valence-electron chi connectivity index (χ4n) is 3.93. The Hall–Kier alpha value is -0.650. The summed E-state index contributed by atoms with van der Waals surface area (Å²) in [5, 5.41) is 0. The normalized spacial score (nSPS) is 31.5. The molecule has 0 aromatic rings. The third kappa shape index (κ3) is 3.76. The molecule has 2 heterocycles. The van der Waals surface area contributed by atoms with Crippen LogP contribution in [0.25, 0.3) is 0 Å². The molecule has 4 unspecified atom stereocenters. The molecule has 2 fully saturated rings. The van der Waals surface area contributed by atoms with Crippen molar-refractivity contribution in [1.82, 2.24) is 9.80 Å². The molecule has 0 amide bonds. The monoisotopic (exact) mass is 297 g/mol. The lowest BCUT2D eigenvalue weighted by atomic mass is 9.92. The van der Waals surface area contributed by atoms with Crippen LogP contribution in [0.2, 0.25) is 0 Å². The van der Waals surface area contributed by atoms with Crippen molar-refractivity contribution in [3.63, 3.8) is 0 Å². The first-order chi connectivity index (χ1) is 9.85. The standard InChI is InChI=1S/C16H31N3O2/c1-5-21-15(20)16(4,17)9-12(2)19-11-14-7-6-8-18(14)10-13(19)3/h12-14H,5-11,17H2,1-4H3. The Bertz CT molecular complexity index is 373. The molecule has 2 N–H and O–H groups in total. The predicted molar refractivity (Wildman–Crippen MR) is 84.1 cm³/mol. The number of piperazine rings is 1. The van der Waals surface area contributed by atoms with Crippen molar-refractivity contribution >= 4 is 5.97 Å². The van der Waals surface area contributed by atoms with Gasteiger partial charge in [-0.2, -0.15) is 0 Å². The molecular weight excluding hydrogens is 266 g/mol. The number of esters is 1. The quantitative estimate of drug-likeness (QED) is 0.773. The third-order valence-corrected chi connectivity index (χ3v) is 5.01. The van der Waals surface area contributed by atoms with E-state index < -0.39 is 5.54 Å². The Balaban J connectivity index is 1.95. The molecule has 0 radical (unpaired) electrons. The van der Waals surface area contributed by atoms with Gasteiger partial charge in [-0.3, -0.25) is 14.6 Å². The van der Waals surface area contributed by atoms with E-state index in [0.717, 1.165) is 13.1 Å². The topological polar surface area (TPSA) is 58.8 Å². The van der Waals surface area contributed by atoms with Crippen LogP contribution in [0.4, 0.5) is 0 Å². The van der Waals surface area contributed by atoms with Crippen molar-refractivity contribution in [3.8, 4) is 0 Å². The molecule has 0 spiro atoms. The van der Waals surface area contributed by atoms with Gasteiger partial charge in [-0.05, 0) is 53.5 Å². The minimum Gasteiger partial charge on any atom is -0.465 e. The van der Waals surface area contributed by atoms with Crippen LogP contribution in [0.1, 0.15) is 47.0 Å². The molecule has 5 nitrogen and oxygen atoms in total. The molecule has 0 aliphatic carbocycles. The van der Waals surface area contributed by atoms with Gasteiger partial charge in [0.15, 0.2) is 0 Å². The van der Waals surface area contributed by atoms with Crippen molar-refractivity contribution in [2.75, 3.05) is 26.2 Å². The smallest absolute Gasteiger partial charge is 0.325 e. The molecule has 2 saturated heterocycles. The van der Waals surface area contributed by atoms with Gasteiger partial charge in [0.25, 0.3) is 0 Å². The average molecular weight is 297 g/mol. The maximum absolute atomic E-state index is 12.0. The lowest BCUT2D eigenvalue weighted by Crippen LogP contribution is -2.59. The molecule has 21 heavy (non-hydrogen) atoms. The second-order valence-electron chi connectivity index (χ2n) is 7.03. The van der Waals surface area contributed by atoms with Crippen LogP contribution < -0.4 is 5.73 Å². The number of carbonyl (C=O) groups excluding carboxylic acids is 1. The number of rotatable bonds is 5. The summed E-state index contributed by atoms with van der Waals surface area (Å²) < 4.78 is 5.10. The van der Waals surface area contributed by atoms with E-state index in [0.29, 0.717) is 31.2 Å². The van der Waals surface area contributed by atoms with Gasteiger partial charge < -0.3 is 10.5 Å². The zero-order valence-corrected chi connectivity index (χ0v) is 14.0. The fraction of sp³-hybridized carbons (Fsp3) is 0.938. The lowest BCUT2D eigenvalue weighted by Gasteiger charge is -2.46.